The van der Waals surface area contributed by atoms with E-state index < -0.39 is 12.1 Å². The predicted octanol–water partition coefficient (Wildman–Crippen LogP) is 2.95. The van der Waals surface area contributed by atoms with Crippen molar-refractivity contribution in [1.82, 2.24) is 5.32 Å². The quantitative estimate of drug-likeness (QED) is 0.794. The van der Waals surface area contributed by atoms with Gasteiger partial charge in [0.2, 0.25) is 0 Å². The van der Waals surface area contributed by atoms with Gasteiger partial charge in [-0.25, -0.2) is 4.79 Å². The number of hydrogen-bond donors (Lipinski definition) is 1. The molecule has 0 aliphatic carbocycles. The number of nitrogens with one attached hydrogen (secondary N) is 1. The largest absolute Gasteiger partial charge is 0.488 e. The normalized spacial score (nSPS) is 11.4. The average Bonchev–Trinajstić information content (AvgIpc) is 2.61. The van der Waals surface area contributed by atoms with Crippen molar-refractivity contribution in [1.29, 1.82) is 0 Å². The fourth-order valence-electron chi connectivity index (χ4n) is 2.09. The highest BCUT2D eigenvalue weighted by molar-refractivity contribution is 5.94. The molecule has 126 valence electrons. The Morgan fingerprint density at radius 3 is 2.42 bits per heavy atom. The molecule has 0 unspecified atom stereocenters. The van der Waals surface area contributed by atoms with Crippen LogP contribution in [0.2, 0.25) is 0 Å². The molecule has 0 aliphatic heterocycles. The summed E-state index contributed by atoms with van der Waals surface area (Å²) in [6, 6.07) is 16.5. The molecule has 0 spiro atoms. The highest BCUT2D eigenvalue weighted by Gasteiger charge is 2.20. The standard InChI is InChI=1S/C19H21NO4/c1-3-20-18(21)14(2)24-19(22)16-11-7-8-12-17(16)23-13-15-9-5-4-6-10-15/h4-12,14H,3,13H2,1-2H3,(H,20,21)/t14-/m0/s1. The first-order valence-electron chi connectivity index (χ1n) is 7.86. The van der Waals surface area contributed by atoms with Crippen LogP contribution in [0, 0.1) is 0 Å². The minimum absolute atomic E-state index is 0.296. The number of carbonyl (C=O) groups is 2. The highest BCUT2D eigenvalue weighted by Crippen LogP contribution is 2.21. The lowest BCUT2D eigenvalue weighted by Crippen LogP contribution is -2.35. The lowest BCUT2D eigenvalue weighted by molar-refractivity contribution is -0.128. The zero-order valence-electron chi connectivity index (χ0n) is 13.8. The topological polar surface area (TPSA) is 64.6 Å². The van der Waals surface area contributed by atoms with Crippen LogP contribution < -0.4 is 10.1 Å². The molecular formula is C19H21NO4. The van der Waals surface area contributed by atoms with Crippen LogP contribution in [0.15, 0.2) is 54.6 Å². The number of benzene rings is 2. The van der Waals surface area contributed by atoms with E-state index in [4.69, 9.17) is 9.47 Å². The summed E-state index contributed by atoms with van der Waals surface area (Å²) in [5, 5.41) is 2.62. The first-order chi connectivity index (χ1) is 11.6. The van der Waals surface area contributed by atoms with Crippen LogP contribution in [0.5, 0.6) is 5.75 Å². The Balaban J connectivity index is 2.04. The Morgan fingerprint density at radius 1 is 1.04 bits per heavy atom. The Kier molecular flexibility index (Phi) is 6.37. The van der Waals surface area contributed by atoms with E-state index in [1.165, 1.54) is 6.92 Å². The first-order valence-corrected chi connectivity index (χ1v) is 7.86. The molecule has 5 nitrogen and oxygen atoms in total. The third-order valence-electron chi connectivity index (χ3n) is 3.35. The van der Waals surface area contributed by atoms with Gasteiger partial charge in [-0.15, -0.1) is 0 Å². The van der Waals surface area contributed by atoms with E-state index in [1.54, 1.807) is 31.2 Å². The molecule has 1 N–H and O–H groups in total. The maximum Gasteiger partial charge on any atom is 0.342 e. The molecule has 2 aromatic rings. The summed E-state index contributed by atoms with van der Waals surface area (Å²) >= 11 is 0. The number of para-hydroxylation sites is 1. The summed E-state index contributed by atoms with van der Waals surface area (Å²) < 4.78 is 10.9. The van der Waals surface area contributed by atoms with Gasteiger partial charge in [0.05, 0.1) is 0 Å². The summed E-state index contributed by atoms with van der Waals surface area (Å²) in [7, 11) is 0. The number of carbonyl (C=O) groups excluding carboxylic acids is 2. The van der Waals surface area contributed by atoms with Crippen molar-refractivity contribution in [2.45, 2.75) is 26.6 Å². The first kappa shape index (κ1) is 17.5. The van der Waals surface area contributed by atoms with Crippen molar-refractivity contribution >= 4 is 11.9 Å². The fourth-order valence-corrected chi connectivity index (χ4v) is 2.09. The monoisotopic (exact) mass is 327 g/mol. The Morgan fingerprint density at radius 2 is 1.71 bits per heavy atom. The molecule has 0 radical (unpaired) electrons. The summed E-state index contributed by atoms with van der Waals surface area (Å²) in [6.07, 6.45) is -0.861. The van der Waals surface area contributed by atoms with Crippen LogP contribution in [0.1, 0.15) is 29.8 Å². The number of esters is 1. The van der Waals surface area contributed by atoms with Crippen LogP contribution in [0.25, 0.3) is 0 Å². The van der Waals surface area contributed by atoms with Crippen LogP contribution in [-0.4, -0.2) is 24.5 Å². The van der Waals surface area contributed by atoms with E-state index in [0.29, 0.717) is 24.5 Å². The maximum absolute atomic E-state index is 12.3. The molecule has 1 amide bonds. The third kappa shape index (κ3) is 4.84. The molecule has 0 heterocycles. The minimum atomic E-state index is -0.861. The van der Waals surface area contributed by atoms with E-state index in [9.17, 15) is 9.59 Å². The molecule has 2 rings (SSSR count). The van der Waals surface area contributed by atoms with Gasteiger partial charge < -0.3 is 14.8 Å². The van der Waals surface area contributed by atoms with E-state index in [0.717, 1.165) is 5.56 Å². The summed E-state index contributed by atoms with van der Waals surface area (Å²) in [5.41, 5.74) is 1.29. The third-order valence-corrected chi connectivity index (χ3v) is 3.35. The van der Waals surface area contributed by atoms with Gasteiger partial charge in [-0.3, -0.25) is 4.79 Å². The van der Waals surface area contributed by atoms with E-state index in [1.807, 2.05) is 30.3 Å². The molecule has 0 fully saturated rings. The maximum atomic E-state index is 12.3. The minimum Gasteiger partial charge on any atom is -0.488 e. The average molecular weight is 327 g/mol. The second-order valence-corrected chi connectivity index (χ2v) is 5.21. The Bertz CT molecular complexity index is 685. The zero-order valence-corrected chi connectivity index (χ0v) is 13.8. The summed E-state index contributed by atoms with van der Waals surface area (Å²) in [6.45, 7) is 4.17. The summed E-state index contributed by atoms with van der Waals surface area (Å²) in [5.74, 6) is -0.486. The van der Waals surface area contributed by atoms with Gasteiger partial charge in [-0.1, -0.05) is 42.5 Å². The van der Waals surface area contributed by atoms with Gasteiger partial charge in [-0.05, 0) is 31.5 Å². The lowest BCUT2D eigenvalue weighted by Gasteiger charge is -2.15. The van der Waals surface area contributed by atoms with E-state index >= 15 is 0 Å². The lowest BCUT2D eigenvalue weighted by atomic mass is 10.2. The number of ether oxygens (including phenoxy) is 2. The Labute approximate surface area is 141 Å². The summed E-state index contributed by atoms with van der Waals surface area (Å²) in [4.78, 5) is 24.0. The molecule has 5 heteroatoms. The Hall–Kier alpha value is -2.82. The van der Waals surface area contributed by atoms with Gasteiger partial charge in [0.1, 0.15) is 17.9 Å². The molecular weight excluding hydrogens is 306 g/mol. The number of rotatable bonds is 7. The van der Waals surface area contributed by atoms with E-state index in [2.05, 4.69) is 5.32 Å². The molecule has 0 aromatic heterocycles. The van der Waals surface area contributed by atoms with Crippen molar-refractivity contribution in [2.75, 3.05) is 6.54 Å². The van der Waals surface area contributed by atoms with E-state index in [-0.39, 0.29) is 5.91 Å². The van der Waals surface area contributed by atoms with Gasteiger partial charge in [0.25, 0.3) is 5.91 Å². The van der Waals surface area contributed by atoms with Crippen molar-refractivity contribution < 1.29 is 19.1 Å². The molecule has 2 aromatic carbocycles. The van der Waals surface area contributed by atoms with Crippen molar-refractivity contribution in [3.63, 3.8) is 0 Å². The number of hydrogen-bond acceptors (Lipinski definition) is 4. The van der Waals surface area contributed by atoms with Crippen molar-refractivity contribution in [2.24, 2.45) is 0 Å². The van der Waals surface area contributed by atoms with Crippen LogP contribution >= 0.6 is 0 Å². The zero-order chi connectivity index (χ0) is 17.4. The van der Waals surface area contributed by atoms with Gasteiger partial charge in [0.15, 0.2) is 6.10 Å². The van der Waals surface area contributed by atoms with Crippen LogP contribution in [-0.2, 0) is 16.1 Å². The molecule has 0 saturated heterocycles. The van der Waals surface area contributed by atoms with Crippen LogP contribution in [0.3, 0.4) is 0 Å². The second kappa shape index (κ2) is 8.72. The fraction of sp³-hybridized carbons (Fsp3) is 0.263. The van der Waals surface area contributed by atoms with Gasteiger partial charge in [0, 0.05) is 6.54 Å². The number of likely N-dealkylation sites (N-methyl/N-ethyl adjacent to an activating group) is 1. The highest BCUT2D eigenvalue weighted by atomic mass is 16.5. The van der Waals surface area contributed by atoms with Crippen LogP contribution in [0.4, 0.5) is 0 Å². The predicted molar refractivity (Wildman–Crippen MR) is 90.8 cm³/mol. The van der Waals surface area contributed by atoms with Gasteiger partial charge >= 0.3 is 5.97 Å². The molecule has 0 bridgehead atoms. The smallest absolute Gasteiger partial charge is 0.342 e. The second-order valence-electron chi connectivity index (χ2n) is 5.21. The number of amides is 1. The SMILES string of the molecule is CCNC(=O)[C@H](C)OC(=O)c1ccccc1OCc1ccccc1. The molecule has 0 aliphatic rings. The van der Waals surface area contributed by atoms with Crippen molar-refractivity contribution in [3.8, 4) is 5.75 Å². The molecule has 1 atom stereocenters. The molecule has 24 heavy (non-hydrogen) atoms. The molecule has 0 saturated carbocycles. The van der Waals surface area contributed by atoms with Gasteiger partial charge in [-0.2, -0.15) is 0 Å². The van der Waals surface area contributed by atoms with Crippen molar-refractivity contribution in [3.05, 3.63) is 65.7 Å².